The number of benzene rings is 2. The molecule has 1 N–H and O–H groups in total. The molecule has 0 aromatic heterocycles. The van der Waals surface area contributed by atoms with Gasteiger partial charge in [0, 0.05) is 13.7 Å². The Labute approximate surface area is 136 Å². The SMILES string of the molecule is COC(CNS(=O)(=O)c1ccccc1Cl)c1ccccc1C. The summed E-state index contributed by atoms with van der Waals surface area (Å²) >= 11 is 5.95. The second-order valence-corrected chi connectivity index (χ2v) is 7.01. The average Bonchev–Trinajstić information content (AvgIpc) is 2.49. The summed E-state index contributed by atoms with van der Waals surface area (Å²) in [5.74, 6) is 0. The summed E-state index contributed by atoms with van der Waals surface area (Å²) in [5.41, 5.74) is 2.00. The number of halogens is 1. The lowest BCUT2D eigenvalue weighted by atomic mass is 10.0. The van der Waals surface area contributed by atoms with Gasteiger partial charge in [-0.1, -0.05) is 48.0 Å². The second kappa shape index (κ2) is 7.24. The summed E-state index contributed by atoms with van der Waals surface area (Å²) in [6, 6.07) is 14.1. The van der Waals surface area contributed by atoms with E-state index in [1.165, 1.54) is 6.07 Å². The molecule has 0 aliphatic carbocycles. The van der Waals surface area contributed by atoms with Crippen LogP contribution in [-0.4, -0.2) is 22.1 Å². The lowest BCUT2D eigenvalue weighted by molar-refractivity contribution is 0.107. The quantitative estimate of drug-likeness (QED) is 0.878. The lowest BCUT2D eigenvalue weighted by Crippen LogP contribution is -2.29. The first kappa shape index (κ1) is 17.0. The Bertz CT molecular complexity index is 747. The predicted molar refractivity (Wildman–Crippen MR) is 87.6 cm³/mol. The van der Waals surface area contributed by atoms with E-state index in [0.29, 0.717) is 0 Å². The van der Waals surface area contributed by atoms with Gasteiger partial charge < -0.3 is 4.74 Å². The van der Waals surface area contributed by atoms with Gasteiger partial charge in [0.05, 0.1) is 11.1 Å². The highest BCUT2D eigenvalue weighted by molar-refractivity contribution is 7.89. The Morgan fingerprint density at radius 1 is 1.14 bits per heavy atom. The first-order chi connectivity index (χ1) is 10.5. The Balaban J connectivity index is 2.17. The van der Waals surface area contributed by atoms with Crippen LogP contribution < -0.4 is 4.72 Å². The fourth-order valence-corrected chi connectivity index (χ4v) is 3.74. The summed E-state index contributed by atoms with van der Waals surface area (Å²) in [5, 5.41) is 0.194. The molecule has 0 saturated carbocycles. The van der Waals surface area contributed by atoms with Gasteiger partial charge in [0.1, 0.15) is 4.90 Å². The molecule has 2 rings (SSSR count). The summed E-state index contributed by atoms with van der Waals surface area (Å²) in [7, 11) is -2.12. The van der Waals surface area contributed by atoms with Crippen molar-refractivity contribution in [1.29, 1.82) is 0 Å². The molecule has 0 aliphatic rings. The molecule has 4 nitrogen and oxygen atoms in total. The molecule has 22 heavy (non-hydrogen) atoms. The number of hydrogen-bond donors (Lipinski definition) is 1. The number of nitrogens with one attached hydrogen (secondary N) is 1. The third-order valence-corrected chi connectivity index (χ3v) is 5.33. The Morgan fingerprint density at radius 2 is 1.77 bits per heavy atom. The third kappa shape index (κ3) is 3.87. The van der Waals surface area contributed by atoms with Crippen LogP contribution in [0.3, 0.4) is 0 Å². The number of rotatable bonds is 6. The average molecular weight is 340 g/mol. The molecular formula is C16H18ClNO3S. The van der Waals surface area contributed by atoms with Gasteiger partial charge in [-0.05, 0) is 30.2 Å². The molecule has 6 heteroatoms. The molecule has 0 saturated heterocycles. The topological polar surface area (TPSA) is 55.4 Å². The minimum Gasteiger partial charge on any atom is -0.375 e. The lowest BCUT2D eigenvalue weighted by Gasteiger charge is -2.18. The van der Waals surface area contributed by atoms with Gasteiger partial charge in [0.2, 0.25) is 10.0 Å². The van der Waals surface area contributed by atoms with Crippen LogP contribution in [0.2, 0.25) is 5.02 Å². The zero-order valence-electron chi connectivity index (χ0n) is 12.4. The first-order valence-corrected chi connectivity index (χ1v) is 8.64. The number of ether oxygens (including phenoxy) is 1. The maximum absolute atomic E-state index is 12.3. The van der Waals surface area contributed by atoms with E-state index in [4.69, 9.17) is 16.3 Å². The molecule has 1 atom stereocenters. The largest absolute Gasteiger partial charge is 0.375 e. The number of aryl methyl sites for hydroxylation is 1. The van der Waals surface area contributed by atoms with E-state index in [2.05, 4.69) is 4.72 Å². The molecule has 0 spiro atoms. The van der Waals surface area contributed by atoms with Gasteiger partial charge in [-0.3, -0.25) is 0 Å². The molecule has 2 aromatic rings. The molecule has 2 aromatic carbocycles. The maximum Gasteiger partial charge on any atom is 0.242 e. The molecule has 0 heterocycles. The zero-order chi connectivity index (χ0) is 16.2. The molecule has 0 fully saturated rings. The summed E-state index contributed by atoms with van der Waals surface area (Å²) < 4.78 is 32.7. The van der Waals surface area contributed by atoms with Crippen molar-refractivity contribution < 1.29 is 13.2 Å². The summed E-state index contributed by atoms with van der Waals surface area (Å²) in [4.78, 5) is 0.0660. The van der Waals surface area contributed by atoms with Gasteiger partial charge in [0.15, 0.2) is 0 Å². The van der Waals surface area contributed by atoms with Crippen LogP contribution in [-0.2, 0) is 14.8 Å². The number of hydrogen-bond acceptors (Lipinski definition) is 3. The van der Waals surface area contributed by atoms with Crippen LogP contribution in [0.1, 0.15) is 17.2 Å². The zero-order valence-corrected chi connectivity index (χ0v) is 14.0. The van der Waals surface area contributed by atoms with E-state index < -0.39 is 10.0 Å². The van der Waals surface area contributed by atoms with E-state index in [1.807, 2.05) is 31.2 Å². The van der Waals surface area contributed by atoms with E-state index in [0.717, 1.165) is 11.1 Å². The van der Waals surface area contributed by atoms with Crippen molar-refractivity contribution in [2.75, 3.05) is 13.7 Å². The van der Waals surface area contributed by atoms with Crippen LogP contribution in [0.5, 0.6) is 0 Å². The Kier molecular flexibility index (Phi) is 5.58. The highest BCUT2D eigenvalue weighted by Gasteiger charge is 2.20. The standard InChI is InChI=1S/C16H18ClNO3S/c1-12-7-3-4-8-13(12)15(21-2)11-18-22(19,20)16-10-6-5-9-14(16)17/h3-10,15,18H,11H2,1-2H3. The van der Waals surface area contributed by atoms with Gasteiger partial charge in [-0.25, -0.2) is 13.1 Å². The molecule has 0 bridgehead atoms. The van der Waals surface area contributed by atoms with Gasteiger partial charge >= 0.3 is 0 Å². The summed E-state index contributed by atoms with van der Waals surface area (Å²) in [6.07, 6.45) is -0.363. The van der Waals surface area contributed by atoms with Crippen LogP contribution in [0.4, 0.5) is 0 Å². The van der Waals surface area contributed by atoms with Crippen molar-refractivity contribution in [3.8, 4) is 0 Å². The fourth-order valence-electron chi connectivity index (χ4n) is 2.19. The van der Waals surface area contributed by atoms with Crippen molar-refractivity contribution in [1.82, 2.24) is 4.72 Å². The molecule has 118 valence electrons. The Morgan fingerprint density at radius 3 is 2.41 bits per heavy atom. The van der Waals surface area contributed by atoms with E-state index in [1.54, 1.807) is 25.3 Å². The third-order valence-electron chi connectivity index (χ3n) is 3.40. The monoisotopic (exact) mass is 339 g/mol. The van der Waals surface area contributed by atoms with Gasteiger partial charge in [-0.2, -0.15) is 0 Å². The molecule has 1 unspecified atom stereocenters. The molecule has 0 amide bonds. The number of sulfonamides is 1. The molecular weight excluding hydrogens is 322 g/mol. The predicted octanol–water partition coefficient (Wildman–Crippen LogP) is 3.31. The van der Waals surface area contributed by atoms with E-state index >= 15 is 0 Å². The molecule has 0 aliphatic heterocycles. The highest BCUT2D eigenvalue weighted by Crippen LogP contribution is 2.23. The minimum absolute atomic E-state index is 0.0660. The first-order valence-electron chi connectivity index (χ1n) is 6.78. The summed E-state index contributed by atoms with van der Waals surface area (Å²) in [6.45, 7) is 2.10. The Hall–Kier alpha value is -1.40. The normalized spacial score (nSPS) is 13.0. The molecule has 0 radical (unpaired) electrons. The van der Waals surface area contributed by atoms with Crippen LogP contribution in [0.25, 0.3) is 0 Å². The maximum atomic E-state index is 12.3. The second-order valence-electron chi connectivity index (χ2n) is 4.86. The van der Waals surface area contributed by atoms with Crippen LogP contribution >= 0.6 is 11.6 Å². The van der Waals surface area contributed by atoms with Crippen LogP contribution in [0.15, 0.2) is 53.4 Å². The van der Waals surface area contributed by atoms with Crippen molar-refractivity contribution >= 4 is 21.6 Å². The highest BCUT2D eigenvalue weighted by atomic mass is 35.5. The van der Waals surface area contributed by atoms with Crippen LogP contribution in [0, 0.1) is 6.92 Å². The van der Waals surface area contributed by atoms with Gasteiger partial charge in [0.25, 0.3) is 0 Å². The van der Waals surface area contributed by atoms with Crippen molar-refractivity contribution in [3.05, 3.63) is 64.7 Å². The minimum atomic E-state index is -3.68. The van der Waals surface area contributed by atoms with Gasteiger partial charge in [-0.15, -0.1) is 0 Å². The van der Waals surface area contributed by atoms with E-state index in [9.17, 15) is 8.42 Å². The van der Waals surface area contributed by atoms with E-state index in [-0.39, 0.29) is 22.6 Å². The van der Waals surface area contributed by atoms with Crippen molar-refractivity contribution in [2.24, 2.45) is 0 Å². The smallest absolute Gasteiger partial charge is 0.242 e. The van der Waals surface area contributed by atoms with Crippen molar-refractivity contribution in [2.45, 2.75) is 17.9 Å². The van der Waals surface area contributed by atoms with Crippen molar-refractivity contribution in [3.63, 3.8) is 0 Å². The number of methoxy groups -OCH3 is 1. The fraction of sp³-hybridized carbons (Fsp3) is 0.250.